The summed E-state index contributed by atoms with van der Waals surface area (Å²) in [4.78, 5) is 16.3. The van der Waals surface area contributed by atoms with E-state index in [1.165, 1.54) is 25.2 Å². The van der Waals surface area contributed by atoms with E-state index in [1.54, 1.807) is 0 Å². The van der Waals surface area contributed by atoms with Gasteiger partial charge in [-0.25, -0.2) is 13.4 Å². The number of nitrogens with two attached hydrogens (primary N) is 1. The molecule has 2 heterocycles. The van der Waals surface area contributed by atoms with Gasteiger partial charge in [0.25, 0.3) is 0 Å². The van der Waals surface area contributed by atoms with E-state index in [2.05, 4.69) is 25.8 Å². The SMILES string of the molecule is CC(C)(C)c1csc(C2COCCC2S(=O)(=O)C(C)(C)C(N)=O)n1. The van der Waals surface area contributed by atoms with E-state index in [0.717, 1.165) is 10.7 Å². The van der Waals surface area contributed by atoms with Crippen molar-refractivity contribution in [3.8, 4) is 0 Å². The fourth-order valence-electron chi connectivity index (χ4n) is 2.64. The molecule has 1 fully saturated rings. The number of carbonyl (C=O) groups is 1. The van der Waals surface area contributed by atoms with Crippen LogP contribution in [0.25, 0.3) is 0 Å². The van der Waals surface area contributed by atoms with Gasteiger partial charge in [-0.15, -0.1) is 11.3 Å². The molecule has 2 unspecified atom stereocenters. The number of ether oxygens (including phenoxy) is 1. The second kappa shape index (κ2) is 6.38. The van der Waals surface area contributed by atoms with Crippen molar-refractivity contribution in [2.45, 2.75) is 62.4 Å². The number of carbonyl (C=O) groups excluding carboxylic acids is 1. The molecular formula is C16H26N2O4S2. The number of hydrogen-bond acceptors (Lipinski definition) is 6. The van der Waals surface area contributed by atoms with Crippen molar-refractivity contribution in [2.75, 3.05) is 13.2 Å². The minimum atomic E-state index is -3.77. The van der Waals surface area contributed by atoms with Gasteiger partial charge in [-0.2, -0.15) is 0 Å². The summed E-state index contributed by atoms with van der Waals surface area (Å²) in [5.74, 6) is -1.20. The maximum atomic E-state index is 13.1. The minimum Gasteiger partial charge on any atom is -0.381 e. The van der Waals surface area contributed by atoms with Crippen LogP contribution < -0.4 is 5.73 Å². The summed E-state index contributed by atoms with van der Waals surface area (Å²) >= 11 is 1.45. The molecule has 0 aliphatic carbocycles. The predicted molar refractivity (Wildman–Crippen MR) is 95.0 cm³/mol. The van der Waals surface area contributed by atoms with Crippen molar-refractivity contribution in [1.82, 2.24) is 4.98 Å². The zero-order chi connectivity index (χ0) is 18.3. The van der Waals surface area contributed by atoms with E-state index >= 15 is 0 Å². The van der Waals surface area contributed by atoms with Gasteiger partial charge in [-0.3, -0.25) is 4.79 Å². The molecule has 24 heavy (non-hydrogen) atoms. The molecule has 1 aromatic heterocycles. The van der Waals surface area contributed by atoms with Crippen molar-refractivity contribution < 1.29 is 17.9 Å². The summed E-state index contributed by atoms with van der Waals surface area (Å²) in [5.41, 5.74) is 6.17. The Bertz CT molecular complexity index is 717. The Morgan fingerprint density at radius 3 is 2.46 bits per heavy atom. The molecule has 0 spiro atoms. The van der Waals surface area contributed by atoms with Crippen LogP contribution in [0.5, 0.6) is 0 Å². The van der Waals surface area contributed by atoms with Crippen LogP contribution in [-0.2, 0) is 24.8 Å². The first kappa shape index (κ1) is 19.3. The lowest BCUT2D eigenvalue weighted by molar-refractivity contribution is -0.119. The zero-order valence-electron chi connectivity index (χ0n) is 14.8. The second-order valence-electron chi connectivity index (χ2n) is 7.75. The molecule has 1 aromatic rings. The lowest BCUT2D eigenvalue weighted by Crippen LogP contribution is -2.52. The van der Waals surface area contributed by atoms with Crippen LogP contribution in [0.3, 0.4) is 0 Å². The molecule has 2 rings (SSSR count). The van der Waals surface area contributed by atoms with E-state index in [1.807, 2.05) is 5.38 Å². The van der Waals surface area contributed by atoms with Crippen LogP contribution in [0, 0.1) is 0 Å². The van der Waals surface area contributed by atoms with Crippen LogP contribution in [0.2, 0.25) is 0 Å². The van der Waals surface area contributed by atoms with Gasteiger partial charge in [0.2, 0.25) is 5.91 Å². The third-order valence-corrected chi connectivity index (χ3v) is 8.57. The molecule has 0 saturated carbocycles. The highest BCUT2D eigenvalue weighted by atomic mass is 32.2. The fourth-order valence-corrected chi connectivity index (χ4v) is 6.01. The first-order chi connectivity index (χ1) is 10.9. The van der Waals surface area contributed by atoms with E-state index in [-0.39, 0.29) is 17.9 Å². The largest absolute Gasteiger partial charge is 0.381 e. The molecule has 136 valence electrons. The summed E-state index contributed by atoms with van der Waals surface area (Å²) < 4.78 is 30.0. The number of hydrogen-bond donors (Lipinski definition) is 1. The molecule has 8 heteroatoms. The van der Waals surface area contributed by atoms with Crippen LogP contribution >= 0.6 is 11.3 Å². The average Bonchev–Trinajstić information content (AvgIpc) is 2.96. The Morgan fingerprint density at radius 1 is 1.33 bits per heavy atom. The minimum absolute atomic E-state index is 0.106. The van der Waals surface area contributed by atoms with Gasteiger partial charge < -0.3 is 10.5 Å². The molecule has 1 aliphatic heterocycles. The number of primary amides is 1. The van der Waals surface area contributed by atoms with Crippen molar-refractivity contribution in [1.29, 1.82) is 0 Å². The second-order valence-corrected chi connectivity index (χ2v) is 11.4. The molecule has 0 aromatic carbocycles. The highest BCUT2D eigenvalue weighted by molar-refractivity contribution is 7.94. The molecule has 0 bridgehead atoms. The van der Waals surface area contributed by atoms with Crippen LogP contribution in [0.15, 0.2) is 5.38 Å². The molecule has 1 saturated heterocycles. The van der Waals surface area contributed by atoms with Gasteiger partial charge >= 0.3 is 0 Å². The standard InChI is InChI=1S/C16H26N2O4S2/c1-15(2,3)12-9-23-13(18-12)10-8-22-7-6-11(10)24(20,21)16(4,5)14(17)19/h9-11H,6-8H2,1-5H3,(H2,17,19). The lowest BCUT2D eigenvalue weighted by Gasteiger charge is -2.34. The van der Waals surface area contributed by atoms with Gasteiger partial charge in [0.1, 0.15) is 4.75 Å². The normalized spacial score (nSPS) is 23.2. The average molecular weight is 375 g/mol. The Hall–Kier alpha value is -0.990. The topological polar surface area (TPSA) is 99.4 Å². The van der Waals surface area contributed by atoms with Gasteiger partial charge in [0.05, 0.1) is 28.5 Å². The van der Waals surface area contributed by atoms with E-state index in [9.17, 15) is 13.2 Å². The molecule has 0 radical (unpaired) electrons. The number of nitrogens with zero attached hydrogens (tertiary/aromatic N) is 1. The van der Waals surface area contributed by atoms with E-state index < -0.39 is 25.7 Å². The Kier molecular flexibility index (Phi) is 5.14. The van der Waals surface area contributed by atoms with Gasteiger partial charge in [0.15, 0.2) is 9.84 Å². The summed E-state index contributed by atoms with van der Waals surface area (Å²) in [6.07, 6.45) is 0.341. The van der Waals surface area contributed by atoms with Crippen molar-refractivity contribution >= 4 is 27.1 Å². The maximum absolute atomic E-state index is 13.1. The highest BCUT2D eigenvalue weighted by Crippen LogP contribution is 2.38. The summed E-state index contributed by atoms with van der Waals surface area (Å²) in [7, 11) is -3.77. The number of aromatic nitrogens is 1. The maximum Gasteiger partial charge on any atom is 0.238 e. The summed E-state index contributed by atoms with van der Waals surface area (Å²) in [6.45, 7) is 9.58. The smallest absolute Gasteiger partial charge is 0.238 e. The third kappa shape index (κ3) is 3.36. The first-order valence-electron chi connectivity index (χ1n) is 7.96. The fraction of sp³-hybridized carbons (Fsp3) is 0.750. The van der Waals surface area contributed by atoms with Crippen molar-refractivity contribution in [2.24, 2.45) is 5.73 Å². The molecule has 2 atom stereocenters. The lowest BCUT2D eigenvalue weighted by atomic mass is 9.93. The molecular weight excluding hydrogens is 348 g/mol. The monoisotopic (exact) mass is 374 g/mol. The summed E-state index contributed by atoms with van der Waals surface area (Å²) in [6, 6.07) is 0. The van der Waals surface area contributed by atoms with Crippen LogP contribution in [0.1, 0.15) is 57.7 Å². The predicted octanol–water partition coefficient (Wildman–Crippen LogP) is 1.99. The number of sulfone groups is 1. The Balaban J connectivity index is 2.42. The Labute approximate surface area is 147 Å². The van der Waals surface area contributed by atoms with Gasteiger partial charge in [-0.05, 0) is 20.3 Å². The highest BCUT2D eigenvalue weighted by Gasteiger charge is 2.49. The van der Waals surface area contributed by atoms with Crippen LogP contribution in [-0.4, -0.2) is 42.5 Å². The number of rotatable bonds is 4. The number of thiazole rings is 1. The number of amides is 1. The van der Waals surface area contributed by atoms with Crippen LogP contribution in [0.4, 0.5) is 0 Å². The van der Waals surface area contributed by atoms with Gasteiger partial charge in [-0.1, -0.05) is 20.8 Å². The molecule has 1 aliphatic rings. The van der Waals surface area contributed by atoms with Crippen molar-refractivity contribution in [3.63, 3.8) is 0 Å². The van der Waals surface area contributed by atoms with E-state index in [4.69, 9.17) is 10.5 Å². The van der Waals surface area contributed by atoms with Crippen molar-refractivity contribution in [3.05, 3.63) is 16.1 Å². The zero-order valence-corrected chi connectivity index (χ0v) is 16.5. The first-order valence-corrected chi connectivity index (χ1v) is 10.4. The molecule has 2 N–H and O–H groups in total. The Morgan fingerprint density at radius 2 is 1.96 bits per heavy atom. The summed E-state index contributed by atoms with van der Waals surface area (Å²) in [5, 5.41) is 1.99. The quantitative estimate of drug-likeness (QED) is 0.869. The molecule has 6 nitrogen and oxygen atoms in total. The van der Waals surface area contributed by atoms with Gasteiger partial charge in [0, 0.05) is 17.4 Å². The third-order valence-electron chi connectivity index (χ3n) is 4.60. The molecule has 1 amide bonds. The van der Waals surface area contributed by atoms with E-state index in [0.29, 0.717) is 13.0 Å².